The Morgan fingerprint density at radius 1 is 1.22 bits per heavy atom. The molecule has 0 radical (unpaired) electrons. The van der Waals surface area contributed by atoms with Gasteiger partial charge in [-0.3, -0.25) is 0 Å². The number of rotatable bonds is 8. The summed E-state index contributed by atoms with van der Waals surface area (Å²) < 4.78 is 5.10. The SMILES string of the molecule is COc1ccc(CCNC(=O)NCC[C@@H](O)c2cccs2)cc1. The van der Waals surface area contributed by atoms with Gasteiger partial charge >= 0.3 is 6.03 Å². The Bertz CT molecular complexity index is 584. The van der Waals surface area contributed by atoms with Crippen molar-refractivity contribution in [3.63, 3.8) is 0 Å². The van der Waals surface area contributed by atoms with E-state index in [4.69, 9.17) is 4.74 Å². The van der Waals surface area contributed by atoms with E-state index < -0.39 is 6.10 Å². The van der Waals surface area contributed by atoms with Gasteiger partial charge in [0.05, 0.1) is 13.2 Å². The lowest BCUT2D eigenvalue weighted by atomic mass is 10.1. The van der Waals surface area contributed by atoms with Crippen molar-refractivity contribution in [1.82, 2.24) is 10.6 Å². The van der Waals surface area contributed by atoms with Crippen molar-refractivity contribution in [2.45, 2.75) is 18.9 Å². The zero-order valence-electron chi connectivity index (χ0n) is 13.1. The molecule has 0 fully saturated rings. The van der Waals surface area contributed by atoms with Crippen molar-refractivity contribution in [3.8, 4) is 5.75 Å². The van der Waals surface area contributed by atoms with Gasteiger partial charge in [-0.1, -0.05) is 18.2 Å². The van der Waals surface area contributed by atoms with Crippen molar-refractivity contribution in [1.29, 1.82) is 0 Å². The molecule has 3 N–H and O–H groups in total. The number of hydrogen-bond donors (Lipinski definition) is 3. The van der Waals surface area contributed by atoms with Crippen LogP contribution in [0.25, 0.3) is 0 Å². The molecule has 1 heterocycles. The second kappa shape index (κ2) is 9.17. The van der Waals surface area contributed by atoms with Gasteiger partial charge in [0.1, 0.15) is 5.75 Å². The number of benzene rings is 1. The highest BCUT2D eigenvalue weighted by Gasteiger charge is 2.08. The number of amides is 2. The van der Waals surface area contributed by atoms with Crippen molar-refractivity contribution < 1.29 is 14.6 Å². The number of nitrogens with one attached hydrogen (secondary N) is 2. The van der Waals surface area contributed by atoms with E-state index in [-0.39, 0.29) is 6.03 Å². The first-order valence-electron chi connectivity index (χ1n) is 7.55. The summed E-state index contributed by atoms with van der Waals surface area (Å²) in [5, 5.41) is 17.4. The van der Waals surface area contributed by atoms with Crippen molar-refractivity contribution in [3.05, 3.63) is 52.2 Å². The second-order valence-electron chi connectivity index (χ2n) is 5.10. The highest BCUT2D eigenvalue weighted by Crippen LogP contribution is 2.20. The normalized spacial score (nSPS) is 11.7. The van der Waals surface area contributed by atoms with Crippen molar-refractivity contribution in [2.75, 3.05) is 20.2 Å². The summed E-state index contributed by atoms with van der Waals surface area (Å²) in [4.78, 5) is 12.6. The molecular weight excluding hydrogens is 312 g/mol. The van der Waals surface area contributed by atoms with Gasteiger partial charge in [-0.05, 0) is 42.0 Å². The number of aliphatic hydroxyl groups is 1. The maximum atomic E-state index is 11.7. The molecule has 1 atom stereocenters. The molecule has 5 nitrogen and oxygen atoms in total. The molecule has 124 valence electrons. The molecule has 0 bridgehead atoms. The first-order valence-corrected chi connectivity index (χ1v) is 8.43. The molecule has 2 aromatic rings. The van der Waals surface area contributed by atoms with E-state index in [2.05, 4.69) is 10.6 Å². The van der Waals surface area contributed by atoms with Gasteiger partial charge in [0.15, 0.2) is 0 Å². The fraction of sp³-hybridized carbons (Fsp3) is 0.353. The predicted molar refractivity (Wildman–Crippen MR) is 92.0 cm³/mol. The molecule has 0 aliphatic carbocycles. The third-order valence-electron chi connectivity index (χ3n) is 3.43. The summed E-state index contributed by atoms with van der Waals surface area (Å²) in [6.07, 6.45) is 0.747. The second-order valence-corrected chi connectivity index (χ2v) is 6.08. The number of thiophene rings is 1. The quantitative estimate of drug-likeness (QED) is 0.695. The molecule has 0 saturated heterocycles. The van der Waals surface area contributed by atoms with Gasteiger partial charge in [-0.2, -0.15) is 0 Å². The Morgan fingerprint density at radius 2 is 1.96 bits per heavy atom. The number of ether oxygens (including phenoxy) is 1. The van der Waals surface area contributed by atoms with E-state index in [0.717, 1.165) is 22.6 Å². The van der Waals surface area contributed by atoms with E-state index in [1.807, 2.05) is 41.8 Å². The molecule has 0 aliphatic heterocycles. The Kier molecular flexibility index (Phi) is 6.90. The summed E-state index contributed by atoms with van der Waals surface area (Å²) in [6.45, 7) is 0.999. The number of carbonyl (C=O) groups excluding carboxylic acids is 1. The first-order chi connectivity index (χ1) is 11.2. The first kappa shape index (κ1) is 17.3. The lowest BCUT2D eigenvalue weighted by Crippen LogP contribution is -2.37. The number of urea groups is 1. The van der Waals surface area contributed by atoms with Crippen LogP contribution in [0.5, 0.6) is 5.75 Å². The van der Waals surface area contributed by atoms with Crippen LogP contribution in [0.3, 0.4) is 0 Å². The van der Waals surface area contributed by atoms with Crippen molar-refractivity contribution >= 4 is 17.4 Å². The Morgan fingerprint density at radius 3 is 2.61 bits per heavy atom. The highest BCUT2D eigenvalue weighted by atomic mass is 32.1. The van der Waals surface area contributed by atoms with E-state index in [1.165, 1.54) is 11.3 Å². The minimum Gasteiger partial charge on any atom is -0.497 e. The molecule has 23 heavy (non-hydrogen) atoms. The minimum absolute atomic E-state index is 0.211. The lowest BCUT2D eigenvalue weighted by molar-refractivity contribution is 0.170. The van der Waals surface area contributed by atoms with E-state index in [1.54, 1.807) is 7.11 Å². The minimum atomic E-state index is -0.519. The lowest BCUT2D eigenvalue weighted by Gasteiger charge is -2.10. The van der Waals surface area contributed by atoms with Gasteiger partial charge < -0.3 is 20.5 Å². The number of methoxy groups -OCH3 is 1. The molecule has 1 aromatic heterocycles. The molecule has 0 spiro atoms. The number of aliphatic hydroxyl groups excluding tert-OH is 1. The van der Waals surface area contributed by atoms with Gasteiger partial charge in [-0.25, -0.2) is 4.79 Å². The standard InChI is InChI=1S/C17H22N2O3S/c1-22-14-6-4-13(5-7-14)8-10-18-17(21)19-11-9-15(20)16-3-2-12-23-16/h2-7,12,15,20H,8-11H2,1H3,(H2,18,19,21)/t15-/m1/s1. The van der Waals surface area contributed by atoms with E-state index >= 15 is 0 Å². The largest absolute Gasteiger partial charge is 0.497 e. The van der Waals surface area contributed by atoms with Crippen LogP contribution in [0.1, 0.15) is 23.0 Å². The van der Waals surface area contributed by atoms with Gasteiger partial charge in [0.2, 0.25) is 0 Å². The van der Waals surface area contributed by atoms with Crippen LogP contribution >= 0.6 is 11.3 Å². The Balaban J connectivity index is 1.59. The average Bonchev–Trinajstić information content (AvgIpc) is 3.10. The molecular formula is C17H22N2O3S. The summed E-state index contributed by atoms with van der Waals surface area (Å²) in [5.41, 5.74) is 1.14. The maximum absolute atomic E-state index is 11.7. The monoisotopic (exact) mass is 334 g/mol. The summed E-state index contributed by atoms with van der Waals surface area (Å²) in [6, 6.07) is 11.4. The van der Waals surface area contributed by atoms with Crippen LogP contribution < -0.4 is 15.4 Å². The van der Waals surface area contributed by atoms with Gasteiger partial charge in [0, 0.05) is 18.0 Å². The predicted octanol–water partition coefficient (Wildman–Crippen LogP) is 2.72. The van der Waals surface area contributed by atoms with Crippen molar-refractivity contribution in [2.24, 2.45) is 0 Å². The summed E-state index contributed by atoms with van der Waals surface area (Å²) >= 11 is 1.52. The average molecular weight is 334 g/mol. The van der Waals surface area contributed by atoms with Gasteiger partial charge in [-0.15, -0.1) is 11.3 Å². The Hall–Kier alpha value is -2.05. The summed E-state index contributed by atoms with van der Waals surface area (Å²) in [5.74, 6) is 0.823. The van der Waals surface area contributed by atoms with Crippen LogP contribution in [0.15, 0.2) is 41.8 Å². The fourth-order valence-electron chi connectivity index (χ4n) is 2.12. The third kappa shape index (κ3) is 5.92. The number of hydrogen-bond acceptors (Lipinski definition) is 4. The van der Waals surface area contributed by atoms with Gasteiger partial charge in [0.25, 0.3) is 0 Å². The number of carbonyl (C=O) groups is 1. The van der Waals surface area contributed by atoms with Crippen LogP contribution in [-0.2, 0) is 6.42 Å². The van der Waals surface area contributed by atoms with E-state index in [0.29, 0.717) is 19.5 Å². The molecule has 1 aromatic carbocycles. The van der Waals surface area contributed by atoms with Crippen LogP contribution in [0.2, 0.25) is 0 Å². The molecule has 2 amide bonds. The highest BCUT2D eigenvalue weighted by molar-refractivity contribution is 7.10. The zero-order chi connectivity index (χ0) is 16.5. The smallest absolute Gasteiger partial charge is 0.314 e. The third-order valence-corrected chi connectivity index (χ3v) is 4.41. The van der Waals surface area contributed by atoms with Crippen LogP contribution in [0.4, 0.5) is 4.79 Å². The van der Waals surface area contributed by atoms with Crippen LogP contribution in [-0.4, -0.2) is 31.3 Å². The molecule has 0 aliphatic rings. The fourth-order valence-corrected chi connectivity index (χ4v) is 2.87. The molecule has 0 saturated carbocycles. The Labute approximate surface area is 140 Å². The van der Waals surface area contributed by atoms with E-state index in [9.17, 15) is 9.90 Å². The molecule has 2 rings (SSSR count). The molecule has 6 heteroatoms. The topological polar surface area (TPSA) is 70.6 Å². The molecule has 0 unspecified atom stereocenters. The maximum Gasteiger partial charge on any atom is 0.314 e. The van der Waals surface area contributed by atoms with Crippen LogP contribution in [0, 0.1) is 0 Å². The zero-order valence-corrected chi connectivity index (χ0v) is 13.9. The summed E-state index contributed by atoms with van der Waals surface area (Å²) in [7, 11) is 1.64.